The Morgan fingerprint density at radius 1 is 1.21 bits per heavy atom. The van der Waals surface area contributed by atoms with Crippen LogP contribution in [-0.2, 0) is 13.1 Å². The van der Waals surface area contributed by atoms with Crippen LogP contribution in [0.5, 0.6) is 17.2 Å². The number of aromatic carboxylic acids is 1. The van der Waals surface area contributed by atoms with Gasteiger partial charge < -0.3 is 24.6 Å². The van der Waals surface area contributed by atoms with E-state index in [-0.39, 0.29) is 5.69 Å². The molecule has 1 aromatic heterocycles. The fourth-order valence-corrected chi connectivity index (χ4v) is 2.41. The van der Waals surface area contributed by atoms with Crippen LogP contribution in [0.2, 0.25) is 0 Å². The Morgan fingerprint density at radius 3 is 2.29 bits per heavy atom. The number of nitrogens with one attached hydrogen (secondary N) is 1. The van der Waals surface area contributed by atoms with E-state index in [4.69, 9.17) is 14.2 Å². The van der Waals surface area contributed by atoms with Crippen LogP contribution in [0.4, 0.5) is 5.69 Å². The van der Waals surface area contributed by atoms with E-state index < -0.39 is 5.97 Å². The van der Waals surface area contributed by atoms with Gasteiger partial charge in [0.15, 0.2) is 17.2 Å². The molecule has 0 aliphatic heterocycles. The van der Waals surface area contributed by atoms with Crippen molar-refractivity contribution in [1.29, 1.82) is 0 Å². The van der Waals surface area contributed by atoms with E-state index in [1.807, 2.05) is 6.92 Å². The van der Waals surface area contributed by atoms with Gasteiger partial charge in [0.25, 0.3) is 0 Å². The number of hydrogen-bond acceptors (Lipinski definition) is 6. The molecule has 0 fully saturated rings. The number of benzene rings is 1. The third-order valence-corrected chi connectivity index (χ3v) is 3.55. The SMILES string of the molecule is CCn1ncc(NCc2cc(OC)c(OC)c(OC)c2)c1C(=O)O. The molecule has 0 radical (unpaired) electrons. The fourth-order valence-electron chi connectivity index (χ4n) is 2.41. The summed E-state index contributed by atoms with van der Waals surface area (Å²) in [5.41, 5.74) is 1.44. The average Bonchev–Trinajstić information content (AvgIpc) is 3.02. The summed E-state index contributed by atoms with van der Waals surface area (Å²) in [5.74, 6) is 0.559. The van der Waals surface area contributed by atoms with Crippen LogP contribution in [0.3, 0.4) is 0 Å². The molecule has 0 saturated heterocycles. The number of rotatable bonds is 8. The van der Waals surface area contributed by atoms with Crippen molar-refractivity contribution in [2.24, 2.45) is 0 Å². The molecule has 130 valence electrons. The lowest BCUT2D eigenvalue weighted by atomic mass is 10.1. The van der Waals surface area contributed by atoms with Crippen LogP contribution in [0, 0.1) is 0 Å². The number of methoxy groups -OCH3 is 3. The van der Waals surface area contributed by atoms with Crippen molar-refractivity contribution in [3.05, 3.63) is 29.6 Å². The monoisotopic (exact) mass is 335 g/mol. The second-order valence-corrected chi connectivity index (χ2v) is 4.91. The van der Waals surface area contributed by atoms with Gasteiger partial charge in [-0.1, -0.05) is 0 Å². The predicted octanol–water partition coefficient (Wildman–Crippen LogP) is 2.24. The number of carboxylic acids is 1. The van der Waals surface area contributed by atoms with Gasteiger partial charge in [0.05, 0.1) is 33.2 Å². The first-order chi connectivity index (χ1) is 11.5. The van der Waals surface area contributed by atoms with Gasteiger partial charge in [0, 0.05) is 13.1 Å². The number of aryl methyl sites for hydroxylation is 1. The molecule has 8 heteroatoms. The van der Waals surface area contributed by atoms with Gasteiger partial charge in [-0.25, -0.2) is 4.79 Å². The fraction of sp³-hybridized carbons (Fsp3) is 0.375. The van der Waals surface area contributed by atoms with Crippen molar-refractivity contribution in [3.63, 3.8) is 0 Å². The van der Waals surface area contributed by atoms with Crippen LogP contribution >= 0.6 is 0 Å². The van der Waals surface area contributed by atoms with E-state index in [0.29, 0.717) is 36.0 Å². The van der Waals surface area contributed by atoms with E-state index in [1.165, 1.54) is 18.0 Å². The van der Waals surface area contributed by atoms with Crippen LogP contribution in [0.1, 0.15) is 23.0 Å². The summed E-state index contributed by atoms with van der Waals surface area (Å²) in [6.45, 7) is 2.70. The van der Waals surface area contributed by atoms with Gasteiger partial charge in [-0.15, -0.1) is 0 Å². The van der Waals surface area contributed by atoms with E-state index in [0.717, 1.165) is 5.56 Å². The van der Waals surface area contributed by atoms with Crippen molar-refractivity contribution in [2.75, 3.05) is 26.6 Å². The first kappa shape index (κ1) is 17.5. The number of carbonyl (C=O) groups is 1. The summed E-state index contributed by atoms with van der Waals surface area (Å²) in [7, 11) is 4.63. The highest BCUT2D eigenvalue weighted by Gasteiger charge is 2.18. The number of ether oxygens (including phenoxy) is 3. The minimum Gasteiger partial charge on any atom is -0.493 e. The highest BCUT2D eigenvalue weighted by molar-refractivity contribution is 5.92. The minimum atomic E-state index is -1.03. The molecule has 1 aromatic carbocycles. The second kappa shape index (κ2) is 7.58. The van der Waals surface area contributed by atoms with Gasteiger partial charge in [-0.3, -0.25) is 4.68 Å². The van der Waals surface area contributed by atoms with Crippen molar-refractivity contribution in [3.8, 4) is 17.2 Å². The molecule has 0 atom stereocenters. The first-order valence-electron chi connectivity index (χ1n) is 7.37. The highest BCUT2D eigenvalue weighted by Crippen LogP contribution is 2.38. The van der Waals surface area contributed by atoms with Crippen molar-refractivity contribution in [2.45, 2.75) is 20.0 Å². The zero-order valence-corrected chi connectivity index (χ0v) is 14.1. The molecule has 1 heterocycles. The maximum Gasteiger partial charge on any atom is 0.356 e. The Morgan fingerprint density at radius 2 is 1.83 bits per heavy atom. The molecule has 2 N–H and O–H groups in total. The minimum absolute atomic E-state index is 0.130. The first-order valence-corrected chi connectivity index (χ1v) is 7.37. The summed E-state index contributed by atoms with van der Waals surface area (Å²) in [4.78, 5) is 11.4. The van der Waals surface area contributed by atoms with Crippen molar-refractivity contribution < 1.29 is 24.1 Å². The molecule has 2 aromatic rings. The van der Waals surface area contributed by atoms with Crippen LogP contribution in [0.25, 0.3) is 0 Å². The predicted molar refractivity (Wildman–Crippen MR) is 88.3 cm³/mol. The molecule has 0 unspecified atom stereocenters. The number of nitrogens with zero attached hydrogens (tertiary/aromatic N) is 2. The van der Waals surface area contributed by atoms with Crippen molar-refractivity contribution in [1.82, 2.24) is 9.78 Å². The summed E-state index contributed by atoms with van der Waals surface area (Å²) in [6, 6.07) is 3.61. The Kier molecular flexibility index (Phi) is 5.51. The van der Waals surface area contributed by atoms with Crippen molar-refractivity contribution >= 4 is 11.7 Å². The van der Waals surface area contributed by atoms with E-state index in [2.05, 4.69) is 10.4 Å². The summed E-state index contributed by atoms with van der Waals surface area (Å²) in [6.07, 6.45) is 1.50. The molecule has 0 aliphatic carbocycles. The van der Waals surface area contributed by atoms with Gasteiger partial charge in [-0.2, -0.15) is 5.10 Å². The molecule has 0 spiro atoms. The number of anilines is 1. The molecule has 0 saturated carbocycles. The molecular formula is C16H21N3O5. The third kappa shape index (κ3) is 3.37. The topological polar surface area (TPSA) is 94.8 Å². The van der Waals surface area contributed by atoms with Crippen LogP contribution in [-0.4, -0.2) is 42.2 Å². The molecule has 0 bridgehead atoms. The molecule has 8 nitrogen and oxygen atoms in total. The zero-order valence-electron chi connectivity index (χ0n) is 14.1. The number of carboxylic acid groups (broad SMARTS) is 1. The lowest BCUT2D eigenvalue weighted by Gasteiger charge is -2.14. The Bertz CT molecular complexity index is 701. The zero-order chi connectivity index (χ0) is 17.7. The largest absolute Gasteiger partial charge is 0.493 e. The normalized spacial score (nSPS) is 10.3. The maximum absolute atomic E-state index is 11.4. The molecule has 0 aliphatic rings. The molecule has 2 rings (SSSR count). The van der Waals surface area contributed by atoms with Gasteiger partial charge >= 0.3 is 5.97 Å². The summed E-state index contributed by atoms with van der Waals surface area (Å²) < 4.78 is 17.3. The number of hydrogen-bond donors (Lipinski definition) is 2. The van der Waals surface area contributed by atoms with E-state index in [9.17, 15) is 9.90 Å². The lowest BCUT2D eigenvalue weighted by Crippen LogP contribution is -2.11. The quantitative estimate of drug-likeness (QED) is 0.764. The molecule has 0 amide bonds. The number of aromatic nitrogens is 2. The van der Waals surface area contributed by atoms with Crippen LogP contribution in [0.15, 0.2) is 18.3 Å². The molecule has 24 heavy (non-hydrogen) atoms. The Labute approximate surface area is 139 Å². The standard InChI is InChI=1S/C16H21N3O5/c1-5-19-14(16(20)21)11(9-18-19)17-8-10-6-12(22-2)15(24-4)13(7-10)23-3/h6-7,9,17H,5,8H2,1-4H3,(H,20,21). The lowest BCUT2D eigenvalue weighted by molar-refractivity contribution is 0.0684. The third-order valence-electron chi connectivity index (χ3n) is 3.55. The Balaban J connectivity index is 2.27. The second-order valence-electron chi connectivity index (χ2n) is 4.91. The van der Waals surface area contributed by atoms with E-state index in [1.54, 1.807) is 26.4 Å². The van der Waals surface area contributed by atoms with Crippen LogP contribution < -0.4 is 19.5 Å². The smallest absolute Gasteiger partial charge is 0.356 e. The van der Waals surface area contributed by atoms with Gasteiger partial charge in [0.2, 0.25) is 5.75 Å². The molecular weight excluding hydrogens is 314 g/mol. The average molecular weight is 335 g/mol. The van der Waals surface area contributed by atoms with Gasteiger partial charge in [0.1, 0.15) is 0 Å². The maximum atomic E-state index is 11.4. The summed E-state index contributed by atoms with van der Waals surface area (Å²) in [5, 5.41) is 16.5. The van der Waals surface area contributed by atoms with Gasteiger partial charge in [-0.05, 0) is 24.6 Å². The highest BCUT2D eigenvalue weighted by atomic mass is 16.5. The van der Waals surface area contributed by atoms with E-state index >= 15 is 0 Å². The Hall–Kier alpha value is -2.90. The summed E-state index contributed by atoms with van der Waals surface area (Å²) >= 11 is 0.